The van der Waals surface area contributed by atoms with Crippen molar-refractivity contribution in [2.75, 3.05) is 0 Å². The van der Waals surface area contributed by atoms with Gasteiger partial charge in [0.2, 0.25) is 0 Å². The number of hydrogen-bond donors (Lipinski definition) is 0. The highest BCUT2D eigenvalue weighted by Crippen LogP contribution is 2.39. The Balaban J connectivity index is 1.87. The van der Waals surface area contributed by atoms with Crippen LogP contribution in [0.3, 0.4) is 0 Å². The molecule has 2 fully saturated rings. The molecule has 3 rings (SSSR count). The fraction of sp³-hybridized carbons (Fsp3) is 0.714. The van der Waals surface area contributed by atoms with Gasteiger partial charge in [-0.2, -0.15) is 0 Å². The van der Waals surface area contributed by atoms with Crippen molar-refractivity contribution in [1.29, 1.82) is 0 Å². The highest BCUT2D eigenvalue weighted by molar-refractivity contribution is 6.29. The molecule has 18 heavy (non-hydrogen) atoms. The predicted molar refractivity (Wildman–Crippen MR) is 72.1 cm³/mol. The topological polar surface area (TPSA) is 34.9 Å². The summed E-state index contributed by atoms with van der Waals surface area (Å²) in [4.78, 5) is 16.5. The van der Waals surface area contributed by atoms with Crippen LogP contribution in [0.4, 0.5) is 0 Å². The second kappa shape index (κ2) is 5.04. The van der Waals surface area contributed by atoms with Crippen molar-refractivity contribution in [3.05, 3.63) is 27.4 Å². The van der Waals surface area contributed by atoms with Gasteiger partial charge in [0.15, 0.2) is 0 Å². The summed E-state index contributed by atoms with van der Waals surface area (Å²) >= 11 is 5.91. The van der Waals surface area contributed by atoms with Gasteiger partial charge in [-0.3, -0.25) is 9.36 Å². The lowest BCUT2D eigenvalue weighted by Crippen LogP contribution is -2.28. The van der Waals surface area contributed by atoms with E-state index in [1.807, 2.05) is 4.57 Å². The average Bonchev–Trinajstić information content (AvgIpc) is 3.18. The van der Waals surface area contributed by atoms with Gasteiger partial charge in [0.05, 0.1) is 0 Å². The van der Waals surface area contributed by atoms with Gasteiger partial charge in [-0.1, -0.05) is 30.9 Å². The van der Waals surface area contributed by atoms with E-state index in [-0.39, 0.29) is 5.56 Å². The normalized spacial score (nSPS) is 21.2. The summed E-state index contributed by atoms with van der Waals surface area (Å²) in [5, 5.41) is 0.349. The fourth-order valence-electron chi connectivity index (χ4n) is 2.96. The Hall–Kier alpha value is -0.830. The summed E-state index contributed by atoms with van der Waals surface area (Å²) < 4.78 is 1.89. The molecule has 0 saturated heterocycles. The van der Waals surface area contributed by atoms with E-state index in [4.69, 9.17) is 11.6 Å². The van der Waals surface area contributed by atoms with Crippen molar-refractivity contribution in [2.24, 2.45) is 5.92 Å². The third-order valence-electron chi connectivity index (χ3n) is 4.11. The lowest BCUT2D eigenvalue weighted by Gasteiger charge is -2.23. The number of aromatic nitrogens is 2. The SMILES string of the molecule is O=c1cc(Cl)nc(C2CC2)n1CC1CCCCC1. The lowest BCUT2D eigenvalue weighted by atomic mass is 9.89. The Morgan fingerprint density at radius 2 is 1.94 bits per heavy atom. The summed E-state index contributed by atoms with van der Waals surface area (Å²) in [6.07, 6.45) is 8.76. The van der Waals surface area contributed by atoms with Crippen molar-refractivity contribution in [1.82, 2.24) is 9.55 Å². The van der Waals surface area contributed by atoms with E-state index in [1.165, 1.54) is 38.2 Å². The molecular weight excluding hydrogens is 248 g/mol. The predicted octanol–water partition coefficient (Wildman–Crippen LogP) is 3.35. The van der Waals surface area contributed by atoms with E-state index in [9.17, 15) is 4.79 Å². The summed E-state index contributed by atoms with van der Waals surface area (Å²) in [6, 6.07) is 1.45. The third kappa shape index (κ3) is 2.61. The van der Waals surface area contributed by atoms with Crippen LogP contribution in [0.1, 0.15) is 56.7 Å². The Kier molecular flexibility index (Phi) is 3.42. The first-order valence-electron chi connectivity index (χ1n) is 7.01. The zero-order valence-electron chi connectivity index (χ0n) is 10.6. The van der Waals surface area contributed by atoms with Crippen molar-refractivity contribution in [2.45, 2.75) is 57.4 Å². The Labute approximate surface area is 112 Å². The van der Waals surface area contributed by atoms with Gasteiger partial charge in [0, 0.05) is 18.5 Å². The van der Waals surface area contributed by atoms with Crippen molar-refractivity contribution in [3.8, 4) is 0 Å². The van der Waals surface area contributed by atoms with E-state index in [1.54, 1.807) is 0 Å². The first-order chi connectivity index (χ1) is 8.74. The maximum absolute atomic E-state index is 12.1. The van der Waals surface area contributed by atoms with Gasteiger partial charge in [-0.05, 0) is 31.6 Å². The summed E-state index contributed by atoms with van der Waals surface area (Å²) in [5.41, 5.74) is 0.0301. The molecule has 0 N–H and O–H groups in total. The molecule has 2 aliphatic rings. The van der Waals surface area contributed by atoms with Crippen molar-refractivity contribution < 1.29 is 0 Å². The van der Waals surface area contributed by atoms with Gasteiger partial charge in [0.1, 0.15) is 11.0 Å². The highest BCUT2D eigenvalue weighted by Gasteiger charge is 2.29. The Morgan fingerprint density at radius 1 is 1.22 bits per heavy atom. The molecule has 0 atom stereocenters. The molecule has 1 heterocycles. The number of halogens is 1. The van der Waals surface area contributed by atoms with E-state index < -0.39 is 0 Å². The summed E-state index contributed by atoms with van der Waals surface area (Å²) in [7, 11) is 0. The Bertz CT molecular complexity index is 487. The largest absolute Gasteiger partial charge is 0.296 e. The lowest BCUT2D eigenvalue weighted by molar-refractivity contribution is 0.311. The monoisotopic (exact) mass is 266 g/mol. The van der Waals surface area contributed by atoms with Crippen molar-refractivity contribution in [3.63, 3.8) is 0 Å². The van der Waals surface area contributed by atoms with Gasteiger partial charge >= 0.3 is 0 Å². The smallest absolute Gasteiger partial charge is 0.254 e. The standard InChI is InChI=1S/C14H19ClN2O/c15-12-8-13(18)17(14(16-12)11-6-7-11)9-10-4-2-1-3-5-10/h8,10-11H,1-7,9H2. The second-order valence-corrected chi connectivity index (χ2v) is 6.05. The van der Waals surface area contributed by atoms with Gasteiger partial charge in [0.25, 0.3) is 5.56 Å². The van der Waals surface area contributed by atoms with Crippen LogP contribution in [0, 0.1) is 5.92 Å². The van der Waals surface area contributed by atoms with Crippen LogP contribution in [0.25, 0.3) is 0 Å². The zero-order chi connectivity index (χ0) is 12.5. The average molecular weight is 267 g/mol. The first kappa shape index (κ1) is 12.2. The minimum Gasteiger partial charge on any atom is -0.296 e. The molecule has 0 aromatic carbocycles. The molecule has 4 heteroatoms. The molecule has 1 aromatic rings. The van der Waals surface area contributed by atoms with Gasteiger partial charge < -0.3 is 0 Å². The van der Waals surface area contributed by atoms with Gasteiger partial charge in [-0.15, -0.1) is 0 Å². The fourth-order valence-corrected chi connectivity index (χ4v) is 3.14. The molecule has 2 aliphatic carbocycles. The maximum Gasteiger partial charge on any atom is 0.254 e. The van der Waals surface area contributed by atoms with Crippen LogP contribution >= 0.6 is 11.6 Å². The molecule has 0 amide bonds. The van der Waals surface area contributed by atoms with Crippen molar-refractivity contribution >= 4 is 11.6 Å². The zero-order valence-corrected chi connectivity index (χ0v) is 11.3. The molecule has 3 nitrogen and oxygen atoms in total. The van der Waals surface area contributed by atoms with Crippen LogP contribution in [0.5, 0.6) is 0 Å². The third-order valence-corrected chi connectivity index (χ3v) is 4.31. The Morgan fingerprint density at radius 3 is 2.61 bits per heavy atom. The van der Waals surface area contributed by atoms with E-state index in [0.29, 0.717) is 17.0 Å². The van der Waals surface area contributed by atoms with E-state index in [2.05, 4.69) is 4.98 Å². The maximum atomic E-state index is 12.1. The van der Waals surface area contributed by atoms with Crippen LogP contribution in [0.2, 0.25) is 5.15 Å². The highest BCUT2D eigenvalue weighted by atomic mass is 35.5. The van der Waals surface area contributed by atoms with Crippen LogP contribution in [0.15, 0.2) is 10.9 Å². The molecule has 0 spiro atoms. The van der Waals surface area contributed by atoms with Crippen LogP contribution in [-0.2, 0) is 6.54 Å². The first-order valence-corrected chi connectivity index (χ1v) is 7.39. The van der Waals surface area contributed by atoms with Crippen LogP contribution < -0.4 is 5.56 Å². The van der Waals surface area contributed by atoms with E-state index in [0.717, 1.165) is 25.2 Å². The van der Waals surface area contributed by atoms with Gasteiger partial charge in [-0.25, -0.2) is 4.98 Å². The molecule has 2 saturated carbocycles. The number of hydrogen-bond acceptors (Lipinski definition) is 2. The van der Waals surface area contributed by atoms with Crippen LogP contribution in [-0.4, -0.2) is 9.55 Å². The minimum atomic E-state index is 0.0301. The molecule has 98 valence electrons. The molecular formula is C14H19ClN2O. The minimum absolute atomic E-state index is 0.0301. The number of rotatable bonds is 3. The van der Waals surface area contributed by atoms with E-state index >= 15 is 0 Å². The molecule has 0 aliphatic heterocycles. The second-order valence-electron chi connectivity index (χ2n) is 5.66. The molecule has 0 unspecified atom stereocenters. The summed E-state index contributed by atoms with van der Waals surface area (Å²) in [5.74, 6) is 2.05. The molecule has 0 bridgehead atoms. The molecule has 0 radical (unpaired) electrons. The molecule has 1 aromatic heterocycles. The quantitative estimate of drug-likeness (QED) is 0.787. The number of nitrogens with zero attached hydrogens (tertiary/aromatic N) is 2. The summed E-state index contributed by atoms with van der Waals surface area (Å²) in [6.45, 7) is 0.842.